The van der Waals surface area contributed by atoms with Gasteiger partial charge in [0.25, 0.3) is 0 Å². The Hall–Kier alpha value is -2.09. The Labute approximate surface area is 136 Å². The molecule has 118 valence electrons. The normalized spacial score (nSPS) is 18.5. The summed E-state index contributed by atoms with van der Waals surface area (Å²) in [6.45, 7) is 11.1. The smallest absolute Gasteiger partial charge is 0.186 e. The summed E-state index contributed by atoms with van der Waals surface area (Å²) < 4.78 is 2.28. The van der Waals surface area contributed by atoms with E-state index in [1.165, 1.54) is 16.6 Å². The molecule has 3 aromatic rings. The number of fused-ring (bicyclic) bond motifs is 5. The van der Waals surface area contributed by atoms with Gasteiger partial charge >= 0.3 is 0 Å². The van der Waals surface area contributed by atoms with Gasteiger partial charge < -0.3 is 4.40 Å². The molecular weight excluding hydrogens is 282 g/mol. The van der Waals surface area contributed by atoms with Crippen molar-refractivity contribution in [1.29, 1.82) is 0 Å². The average Bonchev–Trinajstić information content (AvgIpc) is 2.66. The fourth-order valence-electron chi connectivity index (χ4n) is 4.87. The number of rotatable bonds is 0. The molecule has 2 heterocycles. The standard InChI is InChI=1S/C21H23NO/c1-13-11-22-16(15-9-7-6-8-14(13)15)10-17(23)18-19(22)21(4,5)12-20(18,2)3/h6-11H,12H2,1-5H3. The zero-order chi connectivity index (χ0) is 16.6. The molecule has 0 spiro atoms. The van der Waals surface area contributed by atoms with Crippen LogP contribution in [0.3, 0.4) is 0 Å². The van der Waals surface area contributed by atoms with Crippen LogP contribution in [0, 0.1) is 6.92 Å². The number of nitrogens with zero attached hydrogens (tertiary/aromatic N) is 1. The molecule has 1 aliphatic rings. The maximum atomic E-state index is 12.9. The van der Waals surface area contributed by atoms with Gasteiger partial charge in [-0.3, -0.25) is 4.79 Å². The van der Waals surface area contributed by atoms with E-state index >= 15 is 0 Å². The molecule has 0 unspecified atom stereocenters. The van der Waals surface area contributed by atoms with Crippen LogP contribution >= 0.6 is 0 Å². The zero-order valence-electron chi connectivity index (χ0n) is 14.5. The number of pyridine rings is 2. The SMILES string of the molecule is Cc1cn2c3c(c(=O)cc2c2ccccc12)C(C)(C)CC3(C)C. The Morgan fingerprint density at radius 3 is 2.35 bits per heavy atom. The van der Waals surface area contributed by atoms with E-state index in [9.17, 15) is 4.79 Å². The van der Waals surface area contributed by atoms with Gasteiger partial charge in [0.15, 0.2) is 5.43 Å². The van der Waals surface area contributed by atoms with Gasteiger partial charge in [-0.05, 0) is 29.7 Å². The fourth-order valence-corrected chi connectivity index (χ4v) is 4.87. The number of hydrogen-bond donors (Lipinski definition) is 0. The molecule has 1 aromatic carbocycles. The lowest BCUT2D eigenvalue weighted by Crippen LogP contribution is -2.23. The van der Waals surface area contributed by atoms with Crippen LogP contribution in [-0.4, -0.2) is 4.40 Å². The van der Waals surface area contributed by atoms with Gasteiger partial charge in [0.1, 0.15) is 0 Å². The molecule has 0 amide bonds. The van der Waals surface area contributed by atoms with Gasteiger partial charge in [-0.2, -0.15) is 0 Å². The van der Waals surface area contributed by atoms with Crippen LogP contribution in [-0.2, 0) is 10.8 Å². The highest BCUT2D eigenvalue weighted by Crippen LogP contribution is 2.48. The molecule has 2 heteroatoms. The van der Waals surface area contributed by atoms with E-state index in [-0.39, 0.29) is 16.3 Å². The van der Waals surface area contributed by atoms with Gasteiger partial charge in [-0.1, -0.05) is 52.0 Å². The summed E-state index contributed by atoms with van der Waals surface area (Å²) in [5.41, 5.74) is 4.58. The topological polar surface area (TPSA) is 21.5 Å². The molecule has 0 aliphatic heterocycles. The summed E-state index contributed by atoms with van der Waals surface area (Å²) in [6, 6.07) is 10.2. The highest BCUT2D eigenvalue weighted by molar-refractivity contribution is 5.97. The maximum Gasteiger partial charge on any atom is 0.186 e. The summed E-state index contributed by atoms with van der Waals surface area (Å²) in [7, 11) is 0. The molecule has 1 aliphatic carbocycles. The number of benzene rings is 1. The minimum Gasteiger partial charge on any atom is -0.319 e. The Morgan fingerprint density at radius 1 is 1.00 bits per heavy atom. The molecule has 23 heavy (non-hydrogen) atoms. The first-order chi connectivity index (χ1) is 10.7. The molecule has 0 radical (unpaired) electrons. The van der Waals surface area contributed by atoms with E-state index in [2.05, 4.69) is 69.5 Å². The Balaban J connectivity index is 2.30. The van der Waals surface area contributed by atoms with Crippen molar-refractivity contribution >= 4 is 16.3 Å². The summed E-state index contributed by atoms with van der Waals surface area (Å²) in [6.07, 6.45) is 3.21. The fraction of sp³-hybridized carbons (Fsp3) is 0.381. The van der Waals surface area contributed by atoms with Crippen LogP contribution < -0.4 is 5.43 Å². The van der Waals surface area contributed by atoms with E-state index in [1.54, 1.807) is 0 Å². The number of hydrogen-bond acceptors (Lipinski definition) is 1. The van der Waals surface area contributed by atoms with Crippen LogP contribution in [0.2, 0.25) is 0 Å². The monoisotopic (exact) mass is 305 g/mol. The predicted molar refractivity (Wildman–Crippen MR) is 96.6 cm³/mol. The minimum absolute atomic E-state index is 0.00291. The van der Waals surface area contributed by atoms with Crippen molar-refractivity contribution in [3.05, 3.63) is 63.6 Å². The average molecular weight is 305 g/mol. The Bertz CT molecular complexity index is 1020. The first kappa shape index (κ1) is 14.5. The lowest BCUT2D eigenvalue weighted by molar-refractivity contribution is 0.397. The predicted octanol–water partition coefficient (Wildman–Crippen LogP) is 4.72. The van der Waals surface area contributed by atoms with Gasteiger partial charge in [0.2, 0.25) is 0 Å². The van der Waals surface area contributed by atoms with Crippen LogP contribution in [0.15, 0.2) is 41.3 Å². The van der Waals surface area contributed by atoms with Crippen molar-refractivity contribution in [3.63, 3.8) is 0 Å². The Morgan fingerprint density at radius 2 is 1.65 bits per heavy atom. The molecule has 2 nitrogen and oxygen atoms in total. The Kier molecular flexibility index (Phi) is 2.68. The third-order valence-corrected chi connectivity index (χ3v) is 5.40. The van der Waals surface area contributed by atoms with Gasteiger partial charge in [-0.15, -0.1) is 0 Å². The zero-order valence-corrected chi connectivity index (χ0v) is 14.5. The van der Waals surface area contributed by atoms with E-state index < -0.39 is 0 Å². The molecule has 0 fully saturated rings. The van der Waals surface area contributed by atoms with Crippen LogP contribution in [0.4, 0.5) is 0 Å². The number of aromatic nitrogens is 1. The molecule has 0 saturated heterocycles. The van der Waals surface area contributed by atoms with Crippen molar-refractivity contribution in [1.82, 2.24) is 4.40 Å². The van der Waals surface area contributed by atoms with Crippen molar-refractivity contribution in [2.45, 2.75) is 51.9 Å². The molecule has 0 saturated carbocycles. The van der Waals surface area contributed by atoms with Gasteiger partial charge in [0.05, 0.1) is 5.52 Å². The first-order valence-corrected chi connectivity index (χ1v) is 8.31. The molecular formula is C21H23NO. The molecule has 2 aromatic heterocycles. The highest BCUT2D eigenvalue weighted by Gasteiger charge is 2.45. The quantitative estimate of drug-likeness (QED) is 0.551. The first-order valence-electron chi connectivity index (χ1n) is 8.31. The second-order valence-corrected chi connectivity index (χ2v) is 8.29. The summed E-state index contributed by atoms with van der Waals surface area (Å²) in [5, 5.41) is 2.38. The summed E-state index contributed by atoms with van der Waals surface area (Å²) in [4.78, 5) is 12.9. The van der Waals surface area contributed by atoms with E-state index in [1.807, 2.05) is 6.07 Å². The minimum atomic E-state index is -0.0728. The van der Waals surface area contributed by atoms with Crippen molar-refractivity contribution < 1.29 is 0 Å². The van der Waals surface area contributed by atoms with E-state index in [0.717, 1.165) is 22.9 Å². The molecule has 4 rings (SSSR count). The second kappa shape index (κ2) is 4.25. The third-order valence-electron chi connectivity index (χ3n) is 5.40. The van der Waals surface area contributed by atoms with Crippen LogP contribution in [0.1, 0.15) is 50.9 Å². The summed E-state index contributed by atoms with van der Waals surface area (Å²) >= 11 is 0. The molecule has 0 N–H and O–H groups in total. The molecule has 0 atom stereocenters. The highest BCUT2D eigenvalue weighted by atomic mass is 16.1. The maximum absolute atomic E-state index is 12.9. The van der Waals surface area contributed by atoms with Crippen LogP contribution in [0.5, 0.6) is 0 Å². The summed E-state index contributed by atoms with van der Waals surface area (Å²) in [5.74, 6) is 0. The van der Waals surface area contributed by atoms with Gasteiger partial charge in [-0.25, -0.2) is 0 Å². The van der Waals surface area contributed by atoms with Crippen LogP contribution in [0.25, 0.3) is 16.3 Å². The lowest BCUT2D eigenvalue weighted by Gasteiger charge is -2.23. The number of aryl methyl sites for hydroxylation is 1. The third kappa shape index (κ3) is 1.84. The van der Waals surface area contributed by atoms with E-state index in [4.69, 9.17) is 0 Å². The molecule has 0 bridgehead atoms. The second-order valence-electron chi connectivity index (χ2n) is 8.29. The van der Waals surface area contributed by atoms with Crippen molar-refractivity contribution in [3.8, 4) is 0 Å². The van der Waals surface area contributed by atoms with Crippen molar-refractivity contribution in [2.75, 3.05) is 0 Å². The van der Waals surface area contributed by atoms with E-state index in [0.29, 0.717) is 0 Å². The van der Waals surface area contributed by atoms with Gasteiger partial charge in [0, 0.05) is 34.3 Å². The van der Waals surface area contributed by atoms with Crippen molar-refractivity contribution in [2.24, 2.45) is 0 Å². The largest absolute Gasteiger partial charge is 0.319 e. The lowest BCUT2D eigenvalue weighted by atomic mass is 9.82.